The van der Waals surface area contributed by atoms with Crippen LogP contribution in [-0.4, -0.2) is 29.1 Å². The molecule has 1 N–H and O–H groups in total. The second-order valence-electron chi connectivity index (χ2n) is 5.96. The molecule has 1 aliphatic heterocycles. The van der Waals surface area contributed by atoms with Crippen molar-refractivity contribution in [1.29, 1.82) is 0 Å². The summed E-state index contributed by atoms with van der Waals surface area (Å²) in [4.78, 5) is 23.9. The molecule has 0 aromatic carbocycles. The van der Waals surface area contributed by atoms with Crippen molar-refractivity contribution in [3.05, 3.63) is 22.8 Å². The summed E-state index contributed by atoms with van der Waals surface area (Å²) in [5.74, 6) is -0.957. The minimum atomic E-state index is -0.620. The van der Waals surface area contributed by atoms with Crippen LogP contribution in [0.1, 0.15) is 27.2 Å². The van der Waals surface area contributed by atoms with E-state index in [4.69, 9.17) is 4.74 Å². The second-order valence-corrected chi connectivity index (χ2v) is 5.96. The molecule has 4 heteroatoms. The summed E-state index contributed by atoms with van der Waals surface area (Å²) < 4.78 is 5.48. The molecule has 0 aromatic rings. The number of carbonyl (C=O) groups is 2. The van der Waals surface area contributed by atoms with Crippen molar-refractivity contribution >= 4 is 11.8 Å². The highest BCUT2D eigenvalue weighted by molar-refractivity contribution is 6.09. The van der Waals surface area contributed by atoms with Gasteiger partial charge in [-0.1, -0.05) is 18.1 Å². The van der Waals surface area contributed by atoms with Gasteiger partial charge in [-0.25, -0.2) is 0 Å². The van der Waals surface area contributed by atoms with Gasteiger partial charge in [-0.3, -0.25) is 9.59 Å². The Bertz CT molecular complexity index is 528. The van der Waals surface area contributed by atoms with Crippen LogP contribution in [0.5, 0.6) is 0 Å². The van der Waals surface area contributed by atoms with Crippen molar-refractivity contribution in [3.63, 3.8) is 0 Å². The van der Waals surface area contributed by atoms with Crippen molar-refractivity contribution in [1.82, 2.24) is 0 Å². The first kappa shape index (κ1) is 12.6. The van der Waals surface area contributed by atoms with Gasteiger partial charge < -0.3 is 9.84 Å². The molecule has 4 nitrogen and oxygen atoms in total. The van der Waals surface area contributed by atoms with E-state index >= 15 is 0 Å². The Kier molecular flexibility index (Phi) is 2.68. The van der Waals surface area contributed by atoms with Gasteiger partial charge in [-0.05, 0) is 26.3 Å². The standard InChI is InChI=1S/C15H18O4/c1-6-4-10(17)13-8(3)15(18)19-14(13)12-7(2)5-9(16)11(6)12/h5,8,10,12-14,17H,4H2,1-3H3/t8?,10-,12-,13?,14+/m0/s1. The number of fused-ring (bicyclic) bond motifs is 3. The number of ether oxygens (including phenoxy) is 1. The van der Waals surface area contributed by atoms with Crippen LogP contribution in [0.4, 0.5) is 0 Å². The fourth-order valence-electron chi connectivity index (χ4n) is 3.82. The van der Waals surface area contributed by atoms with Crippen LogP contribution in [0, 0.1) is 17.8 Å². The Morgan fingerprint density at radius 3 is 2.68 bits per heavy atom. The Morgan fingerprint density at radius 2 is 2.00 bits per heavy atom. The molecule has 3 aliphatic rings. The van der Waals surface area contributed by atoms with Crippen LogP contribution in [0.25, 0.3) is 0 Å². The largest absolute Gasteiger partial charge is 0.461 e. The molecule has 1 heterocycles. The molecule has 0 spiro atoms. The van der Waals surface area contributed by atoms with Gasteiger partial charge in [0.05, 0.1) is 12.0 Å². The Balaban J connectivity index is 2.11. The third-order valence-electron chi connectivity index (χ3n) is 4.75. The van der Waals surface area contributed by atoms with Crippen LogP contribution in [-0.2, 0) is 14.3 Å². The average Bonchev–Trinajstić information content (AvgIpc) is 2.72. The Morgan fingerprint density at radius 1 is 1.32 bits per heavy atom. The molecule has 0 aromatic heterocycles. The summed E-state index contributed by atoms with van der Waals surface area (Å²) in [7, 11) is 0. The molecule has 1 fully saturated rings. The topological polar surface area (TPSA) is 63.6 Å². The summed E-state index contributed by atoms with van der Waals surface area (Å²) in [5, 5.41) is 10.3. The SMILES string of the molecule is CC1=CC(=O)C2=C(C)C[C@H](O)C3C(C)C(=O)O[C@@H]3[C@@H]12. The summed E-state index contributed by atoms with van der Waals surface area (Å²) in [5.41, 5.74) is 2.59. The highest BCUT2D eigenvalue weighted by Crippen LogP contribution is 2.47. The maximum absolute atomic E-state index is 12.1. The lowest BCUT2D eigenvalue weighted by Gasteiger charge is -2.26. The number of ketones is 1. The number of aliphatic hydroxyl groups excluding tert-OH is 1. The highest BCUT2D eigenvalue weighted by Gasteiger charge is 2.53. The fourth-order valence-corrected chi connectivity index (χ4v) is 3.82. The maximum Gasteiger partial charge on any atom is 0.309 e. The molecule has 102 valence electrons. The lowest BCUT2D eigenvalue weighted by atomic mass is 9.80. The molecule has 0 saturated carbocycles. The number of hydrogen-bond acceptors (Lipinski definition) is 4. The highest BCUT2D eigenvalue weighted by atomic mass is 16.6. The van der Waals surface area contributed by atoms with Crippen molar-refractivity contribution in [2.75, 3.05) is 0 Å². The average molecular weight is 262 g/mol. The number of esters is 1. The minimum absolute atomic E-state index is 0.00320. The summed E-state index contributed by atoms with van der Waals surface area (Å²) >= 11 is 0. The van der Waals surface area contributed by atoms with E-state index in [0.29, 0.717) is 6.42 Å². The van der Waals surface area contributed by atoms with E-state index in [-0.39, 0.29) is 29.5 Å². The molecular weight excluding hydrogens is 244 g/mol. The lowest BCUT2D eigenvalue weighted by molar-refractivity contribution is -0.144. The number of aliphatic hydroxyl groups is 1. The first-order chi connectivity index (χ1) is 8.91. The molecule has 3 rings (SSSR count). The molecule has 1 saturated heterocycles. The van der Waals surface area contributed by atoms with Crippen molar-refractivity contribution in [2.24, 2.45) is 17.8 Å². The van der Waals surface area contributed by atoms with Crippen molar-refractivity contribution in [2.45, 2.75) is 39.4 Å². The molecule has 0 amide bonds. The second kappa shape index (κ2) is 4.04. The quantitative estimate of drug-likeness (QED) is 0.670. The summed E-state index contributed by atoms with van der Waals surface area (Å²) in [6.45, 7) is 5.59. The molecule has 2 aliphatic carbocycles. The van der Waals surface area contributed by atoms with Crippen LogP contribution in [0.3, 0.4) is 0 Å². The molecule has 0 radical (unpaired) electrons. The number of hydrogen-bond donors (Lipinski definition) is 1. The van der Waals surface area contributed by atoms with E-state index in [1.807, 2.05) is 13.8 Å². The van der Waals surface area contributed by atoms with E-state index in [9.17, 15) is 14.7 Å². The van der Waals surface area contributed by atoms with Crippen molar-refractivity contribution in [3.8, 4) is 0 Å². The van der Waals surface area contributed by atoms with E-state index in [0.717, 1.165) is 16.7 Å². The normalized spacial score (nSPS) is 41.7. The van der Waals surface area contributed by atoms with E-state index in [1.54, 1.807) is 13.0 Å². The molecule has 5 atom stereocenters. The zero-order valence-electron chi connectivity index (χ0n) is 11.3. The van der Waals surface area contributed by atoms with Gasteiger partial charge in [0.1, 0.15) is 6.10 Å². The predicted molar refractivity (Wildman–Crippen MR) is 68.1 cm³/mol. The monoisotopic (exact) mass is 262 g/mol. The van der Waals surface area contributed by atoms with Crippen molar-refractivity contribution < 1.29 is 19.4 Å². The zero-order valence-corrected chi connectivity index (χ0v) is 11.3. The zero-order chi connectivity index (χ0) is 13.9. The maximum atomic E-state index is 12.1. The first-order valence-corrected chi connectivity index (χ1v) is 6.72. The molecule has 19 heavy (non-hydrogen) atoms. The van der Waals surface area contributed by atoms with Gasteiger partial charge >= 0.3 is 5.97 Å². The number of allylic oxidation sites excluding steroid dienone is 1. The molecule has 2 unspecified atom stereocenters. The molecule has 0 bridgehead atoms. The first-order valence-electron chi connectivity index (χ1n) is 6.72. The number of rotatable bonds is 0. The van der Waals surface area contributed by atoms with Gasteiger partial charge in [0.2, 0.25) is 0 Å². The Hall–Kier alpha value is -1.42. The number of carbonyl (C=O) groups excluding carboxylic acids is 2. The smallest absolute Gasteiger partial charge is 0.309 e. The fraction of sp³-hybridized carbons (Fsp3) is 0.600. The van der Waals surface area contributed by atoms with Crippen LogP contribution >= 0.6 is 0 Å². The van der Waals surface area contributed by atoms with Crippen LogP contribution < -0.4 is 0 Å². The minimum Gasteiger partial charge on any atom is -0.461 e. The Labute approximate surface area is 112 Å². The lowest BCUT2D eigenvalue weighted by Crippen LogP contribution is -2.35. The van der Waals surface area contributed by atoms with Gasteiger partial charge in [-0.2, -0.15) is 0 Å². The van der Waals surface area contributed by atoms with E-state index < -0.39 is 12.2 Å². The summed E-state index contributed by atoms with van der Waals surface area (Å²) in [6.07, 6.45) is 1.06. The van der Waals surface area contributed by atoms with E-state index in [2.05, 4.69) is 0 Å². The third-order valence-corrected chi connectivity index (χ3v) is 4.75. The van der Waals surface area contributed by atoms with Gasteiger partial charge in [0.15, 0.2) is 5.78 Å². The van der Waals surface area contributed by atoms with Gasteiger partial charge in [0, 0.05) is 17.4 Å². The van der Waals surface area contributed by atoms with Gasteiger partial charge in [0.25, 0.3) is 0 Å². The summed E-state index contributed by atoms with van der Waals surface area (Å²) in [6, 6.07) is 0. The van der Waals surface area contributed by atoms with Gasteiger partial charge in [-0.15, -0.1) is 0 Å². The predicted octanol–water partition coefficient (Wildman–Crippen LogP) is 1.39. The van der Waals surface area contributed by atoms with E-state index in [1.165, 1.54) is 0 Å². The van der Waals surface area contributed by atoms with Crippen LogP contribution in [0.2, 0.25) is 0 Å². The van der Waals surface area contributed by atoms with Crippen LogP contribution in [0.15, 0.2) is 22.8 Å². The third kappa shape index (κ3) is 1.62. The molecular formula is C15H18O4.